The number of benzene rings is 2. The summed E-state index contributed by atoms with van der Waals surface area (Å²) in [5.74, 6) is -1.35. The average Bonchev–Trinajstić information content (AvgIpc) is 2.37. The number of alkyl halides is 3. The van der Waals surface area contributed by atoms with Crippen LogP contribution in [-0.2, 0) is 12.8 Å². The quantitative estimate of drug-likeness (QED) is 0.860. The van der Waals surface area contributed by atoms with E-state index in [-0.39, 0.29) is 23.7 Å². The lowest BCUT2D eigenvalue weighted by atomic mass is 10.2. The molecule has 0 bridgehead atoms. The Kier molecular flexibility index (Phi) is 3.83. The van der Waals surface area contributed by atoms with Crippen LogP contribution in [0.1, 0.15) is 11.1 Å². The van der Waals surface area contributed by atoms with E-state index in [9.17, 15) is 22.7 Å². The second-order valence-electron chi connectivity index (χ2n) is 4.06. The van der Waals surface area contributed by atoms with E-state index in [1.807, 2.05) is 0 Å². The summed E-state index contributed by atoms with van der Waals surface area (Å²) in [7, 11) is 0. The fraction of sp³-hybridized carbons (Fsp3) is 0.143. The van der Waals surface area contributed by atoms with E-state index in [2.05, 4.69) is 0 Å². The first kappa shape index (κ1) is 14.2. The van der Waals surface area contributed by atoms with Crippen LogP contribution in [0.2, 0.25) is 0 Å². The van der Waals surface area contributed by atoms with Gasteiger partial charge >= 0.3 is 6.18 Å². The molecule has 2 aromatic rings. The van der Waals surface area contributed by atoms with Crippen molar-refractivity contribution >= 4 is 0 Å². The lowest BCUT2D eigenvalue weighted by molar-refractivity contribution is -0.139. The maximum Gasteiger partial charge on any atom is 0.419 e. The second kappa shape index (κ2) is 5.40. The molecule has 0 radical (unpaired) electrons. The molecule has 0 atom stereocenters. The predicted molar refractivity (Wildman–Crippen MR) is 63.8 cm³/mol. The second-order valence-corrected chi connectivity index (χ2v) is 4.06. The van der Waals surface area contributed by atoms with Crippen LogP contribution in [0.4, 0.5) is 17.6 Å². The predicted octanol–water partition coefficient (Wildman–Crippen LogP) is 4.13. The average molecular weight is 286 g/mol. The van der Waals surface area contributed by atoms with Gasteiger partial charge in [0.2, 0.25) is 0 Å². The molecule has 1 N–H and O–H groups in total. The van der Waals surface area contributed by atoms with E-state index in [4.69, 9.17) is 4.74 Å². The molecule has 0 aliphatic carbocycles. The van der Waals surface area contributed by atoms with Crippen LogP contribution in [0.3, 0.4) is 0 Å². The third kappa shape index (κ3) is 3.20. The van der Waals surface area contributed by atoms with Crippen LogP contribution in [-0.4, -0.2) is 5.11 Å². The van der Waals surface area contributed by atoms with Gasteiger partial charge in [-0.15, -0.1) is 0 Å². The summed E-state index contributed by atoms with van der Waals surface area (Å²) in [6, 6.07) is 7.96. The highest BCUT2D eigenvalue weighted by Crippen LogP contribution is 2.36. The largest absolute Gasteiger partial charge is 0.507 e. The molecular weight excluding hydrogens is 276 g/mol. The van der Waals surface area contributed by atoms with Crippen LogP contribution in [0.15, 0.2) is 42.5 Å². The number of hydrogen-bond acceptors (Lipinski definition) is 2. The van der Waals surface area contributed by atoms with Gasteiger partial charge < -0.3 is 9.84 Å². The molecule has 20 heavy (non-hydrogen) atoms. The van der Waals surface area contributed by atoms with Crippen molar-refractivity contribution in [3.8, 4) is 11.5 Å². The van der Waals surface area contributed by atoms with Crippen molar-refractivity contribution in [2.24, 2.45) is 0 Å². The number of phenols is 1. The van der Waals surface area contributed by atoms with Crippen molar-refractivity contribution in [3.05, 3.63) is 59.4 Å². The minimum Gasteiger partial charge on any atom is -0.507 e. The van der Waals surface area contributed by atoms with Gasteiger partial charge in [-0.1, -0.05) is 12.1 Å². The Bertz CT molecular complexity index is 608. The molecule has 0 unspecified atom stereocenters. The number of halogens is 4. The summed E-state index contributed by atoms with van der Waals surface area (Å²) >= 11 is 0. The smallest absolute Gasteiger partial charge is 0.419 e. The van der Waals surface area contributed by atoms with Gasteiger partial charge in [-0.2, -0.15) is 13.2 Å². The number of phenolic OH excluding ortho intramolecular Hbond substituents is 1. The minimum atomic E-state index is -4.53. The molecule has 2 aromatic carbocycles. The van der Waals surface area contributed by atoms with Crippen molar-refractivity contribution in [1.82, 2.24) is 0 Å². The Morgan fingerprint density at radius 1 is 1.05 bits per heavy atom. The molecule has 0 saturated heterocycles. The summed E-state index contributed by atoms with van der Waals surface area (Å²) < 4.78 is 56.0. The standard InChI is InChI=1S/C14H10F4O2/c15-10-6-5-9(12(19)7-10)8-20-13-4-2-1-3-11(13)14(16,17)18/h1-7,19H,8H2. The van der Waals surface area contributed by atoms with Gasteiger partial charge in [0.05, 0.1) is 5.56 Å². The Morgan fingerprint density at radius 2 is 1.75 bits per heavy atom. The van der Waals surface area contributed by atoms with Gasteiger partial charge in [-0.25, -0.2) is 4.39 Å². The van der Waals surface area contributed by atoms with Crippen LogP contribution >= 0.6 is 0 Å². The Labute approximate surface area is 112 Å². The first-order chi connectivity index (χ1) is 9.38. The molecular formula is C14H10F4O2. The van der Waals surface area contributed by atoms with E-state index in [1.165, 1.54) is 24.3 Å². The van der Waals surface area contributed by atoms with Crippen molar-refractivity contribution < 1.29 is 27.4 Å². The summed E-state index contributed by atoms with van der Waals surface area (Å²) in [5, 5.41) is 9.46. The van der Waals surface area contributed by atoms with Crippen molar-refractivity contribution in [2.45, 2.75) is 12.8 Å². The Balaban J connectivity index is 2.19. The molecule has 0 fully saturated rings. The third-order valence-corrected chi connectivity index (χ3v) is 2.62. The first-order valence-corrected chi connectivity index (χ1v) is 5.64. The van der Waals surface area contributed by atoms with Gasteiger partial charge in [-0.05, 0) is 24.3 Å². The Morgan fingerprint density at radius 3 is 2.40 bits per heavy atom. The molecule has 0 heterocycles. The highest BCUT2D eigenvalue weighted by atomic mass is 19.4. The highest BCUT2D eigenvalue weighted by molar-refractivity contribution is 5.37. The van der Waals surface area contributed by atoms with Gasteiger partial charge in [0, 0.05) is 11.6 Å². The van der Waals surface area contributed by atoms with Gasteiger partial charge in [0.15, 0.2) is 0 Å². The minimum absolute atomic E-state index is 0.198. The van der Waals surface area contributed by atoms with Crippen LogP contribution in [0, 0.1) is 5.82 Å². The molecule has 0 amide bonds. The Hall–Kier alpha value is -2.24. The molecule has 0 spiro atoms. The number of rotatable bonds is 3. The topological polar surface area (TPSA) is 29.5 Å². The molecule has 0 aliphatic rings. The maximum atomic E-state index is 12.8. The lowest BCUT2D eigenvalue weighted by Gasteiger charge is -2.14. The van der Waals surface area contributed by atoms with E-state index in [0.717, 1.165) is 18.2 Å². The SMILES string of the molecule is Oc1cc(F)ccc1COc1ccccc1C(F)(F)F. The van der Waals surface area contributed by atoms with Crippen LogP contribution in [0.5, 0.6) is 11.5 Å². The fourth-order valence-electron chi connectivity index (χ4n) is 1.64. The monoisotopic (exact) mass is 286 g/mol. The van der Waals surface area contributed by atoms with Crippen LogP contribution < -0.4 is 4.74 Å². The third-order valence-electron chi connectivity index (χ3n) is 2.62. The van der Waals surface area contributed by atoms with E-state index < -0.39 is 17.6 Å². The zero-order chi connectivity index (χ0) is 14.8. The number of ether oxygens (including phenoxy) is 1. The molecule has 2 nitrogen and oxygen atoms in total. The maximum absolute atomic E-state index is 12.8. The van der Waals surface area contributed by atoms with Crippen molar-refractivity contribution in [3.63, 3.8) is 0 Å². The lowest BCUT2D eigenvalue weighted by Crippen LogP contribution is -2.08. The molecule has 0 aromatic heterocycles. The highest BCUT2D eigenvalue weighted by Gasteiger charge is 2.34. The molecule has 0 aliphatic heterocycles. The zero-order valence-corrected chi connectivity index (χ0v) is 10.1. The summed E-state index contributed by atoms with van der Waals surface area (Å²) in [4.78, 5) is 0. The summed E-state index contributed by atoms with van der Waals surface area (Å²) in [6.07, 6.45) is -4.53. The molecule has 2 rings (SSSR count). The number of para-hydroxylation sites is 1. The normalized spacial score (nSPS) is 11.4. The summed E-state index contributed by atoms with van der Waals surface area (Å²) in [5.41, 5.74) is -0.704. The summed E-state index contributed by atoms with van der Waals surface area (Å²) in [6.45, 7) is -0.292. The number of hydrogen-bond donors (Lipinski definition) is 1. The van der Waals surface area contributed by atoms with Crippen LogP contribution in [0.25, 0.3) is 0 Å². The van der Waals surface area contributed by atoms with E-state index >= 15 is 0 Å². The fourth-order valence-corrected chi connectivity index (χ4v) is 1.64. The molecule has 0 saturated carbocycles. The van der Waals surface area contributed by atoms with Crippen molar-refractivity contribution in [1.29, 1.82) is 0 Å². The van der Waals surface area contributed by atoms with Crippen molar-refractivity contribution in [2.75, 3.05) is 0 Å². The van der Waals surface area contributed by atoms with E-state index in [0.29, 0.717) is 0 Å². The van der Waals surface area contributed by atoms with Gasteiger partial charge in [-0.3, -0.25) is 0 Å². The number of aromatic hydroxyl groups is 1. The van der Waals surface area contributed by atoms with Gasteiger partial charge in [0.1, 0.15) is 23.9 Å². The molecule has 6 heteroatoms. The zero-order valence-electron chi connectivity index (χ0n) is 10.1. The molecule has 106 valence electrons. The van der Waals surface area contributed by atoms with E-state index in [1.54, 1.807) is 0 Å². The first-order valence-electron chi connectivity index (χ1n) is 5.64. The van der Waals surface area contributed by atoms with Gasteiger partial charge in [0.25, 0.3) is 0 Å².